The summed E-state index contributed by atoms with van der Waals surface area (Å²) in [4.78, 5) is 7.10. The highest BCUT2D eigenvalue weighted by molar-refractivity contribution is 7.09. The highest BCUT2D eigenvalue weighted by Gasteiger charge is 2.17. The second-order valence-corrected chi connectivity index (χ2v) is 7.57. The summed E-state index contributed by atoms with van der Waals surface area (Å²) in [5, 5.41) is 12.4. The Morgan fingerprint density at radius 2 is 2.05 bits per heavy atom. The summed E-state index contributed by atoms with van der Waals surface area (Å²) < 4.78 is 0. The lowest BCUT2D eigenvalue weighted by Crippen LogP contribution is -2.33. The first kappa shape index (κ1) is 16.6. The average Bonchev–Trinajstić information content (AvgIpc) is 2.72. The molecule has 19 heavy (non-hydrogen) atoms. The average molecular weight is 284 g/mol. The van der Waals surface area contributed by atoms with Gasteiger partial charge in [0.1, 0.15) is 0 Å². The highest BCUT2D eigenvalue weighted by atomic mass is 32.1. The van der Waals surface area contributed by atoms with E-state index in [1.807, 2.05) is 0 Å². The van der Waals surface area contributed by atoms with Crippen LogP contribution in [-0.4, -0.2) is 34.7 Å². The Kier molecular flexibility index (Phi) is 6.43. The van der Waals surface area contributed by atoms with Gasteiger partial charge < -0.3 is 5.11 Å². The van der Waals surface area contributed by atoms with Gasteiger partial charge in [0.15, 0.2) is 0 Å². The molecule has 0 amide bonds. The number of thiazole rings is 1. The molecular formula is C15H28N2OS. The van der Waals surface area contributed by atoms with Gasteiger partial charge in [0.05, 0.1) is 10.7 Å². The largest absolute Gasteiger partial charge is 0.396 e. The van der Waals surface area contributed by atoms with Crippen molar-refractivity contribution in [3.05, 3.63) is 16.1 Å². The molecule has 0 aliphatic heterocycles. The molecule has 0 atom stereocenters. The van der Waals surface area contributed by atoms with Gasteiger partial charge in [0.2, 0.25) is 0 Å². The van der Waals surface area contributed by atoms with E-state index in [9.17, 15) is 0 Å². The monoisotopic (exact) mass is 284 g/mol. The van der Waals surface area contributed by atoms with Crippen LogP contribution in [-0.2, 0) is 6.54 Å². The van der Waals surface area contributed by atoms with Gasteiger partial charge in [-0.1, -0.05) is 34.6 Å². The number of hydrogen-bond donors (Lipinski definition) is 1. The Morgan fingerprint density at radius 3 is 2.53 bits per heavy atom. The van der Waals surface area contributed by atoms with E-state index in [1.54, 1.807) is 11.3 Å². The van der Waals surface area contributed by atoms with Crippen molar-refractivity contribution >= 4 is 11.3 Å². The summed E-state index contributed by atoms with van der Waals surface area (Å²) in [7, 11) is 0. The van der Waals surface area contributed by atoms with Crippen LogP contribution in [0.4, 0.5) is 0 Å². The Morgan fingerprint density at radius 1 is 1.37 bits per heavy atom. The first-order valence-electron chi connectivity index (χ1n) is 7.09. The minimum absolute atomic E-state index is 0.259. The van der Waals surface area contributed by atoms with Crippen molar-refractivity contribution in [1.29, 1.82) is 0 Å². The van der Waals surface area contributed by atoms with Crippen LogP contribution < -0.4 is 0 Å². The van der Waals surface area contributed by atoms with Gasteiger partial charge in [-0.05, 0) is 11.8 Å². The third-order valence-electron chi connectivity index (χ3n) is 2.78. The third-order valence-corrected chi connectivity index (χ3v) is 3.97. The summed E-state index contributed by atoms with van der Waals surface area (Å²) in [6.45, 7) is 14.2. The first-order valence-corrected chi connectivity index (χ1v) is 7.97. The van der Waals surface area contributed by atoms with Gasteiger partial charge in [-0.15, -0.1) is 11.3 Å². The van der Waals surface area contributed by atoms with Gasteiger partial charge >= 0.3 is 0 Å². The molecule has 0 bridgehead atoms. The molecule has 0 aliphatic rings. The fourth-order valence-corrected chi connectivity index (χ4v) is 2.89. The van der Waals surface area contributed by atoms with Crippen molar-refractivity contribution in [3.8, 4) is 0 Å². The van der Waals surface area contributed by atoms with Crippen LogP contribution in [0.1, 0.15) is 57.7 Å². The molecule has 0 spiro atoms. The molecule has 3 nitrogen and oxygen atoms in total. The zero-order valence-corrected chi connectivity index (χ0v) is 13.8. The van der Waals surface area contributed by atoms with Crippen LogP contribution in [0.3, 0.4) is 0 Å². The topological polar surface area (TPSA) is 36.4 Å². The number of hydrogen-bond acceptors (Lipinski definition) is 4. The number of rotatable bonds is 7. The molecule has 1 aromatic rings. The van der Waals surface area contributed by atoms with E-state index in [1.165, 1.54) is 5.01 Å². The van der Waals surface area contributed by atoms with Crippen molar-refractivity contribution in [2.24, 2.45) is 5.41 Å². The second kappa shape index (κ2) is 7.36. The SMILES string of the molecule is CC(C)c1nc(CN(CCCO)CC(C)(C)C)cs1. The van der Waals surface area contributed by atoms with Crippen molar-refractivity contribution in [3.63, 3.8) is 0 Å². The summed E-state index contributed by atoms with van der Waals surface area (Å²) in [6.07, 6.45) is 0.831. The lowest BCUT2D eigenvalue weighted by molar-refractivity contribution is 0.164. The molecule has 1 aromatic heterocycles. The van der Waals surface area contributed by atoms with Crippen LogP contribution in [0.5, 0.6) is 0 Å². The molecule has 0 radical (unpaired) electrons. The maximum atomic E-state index is 9.02. The smallest absolute Gasteiger partial charge is 0.0954 e. The van der Waals surface area contributed by atoms with E-state index in [2.05, 4.69) is 44.9 Å². The van der Waals surface area contributed by atoms with Crippen molar-refractivity contribution < 1.29 is 5.11 Å². The van der Waals surface area contributed by atoms with E-state index in [0.717, 1.165) is 31.7 Å². The van der Waals surface area contributed by atoms with E-state index in [4.69, 9.17) is 10.1 Å². The zero-order chi connectivity index (χ0) is 14.5. The molecule has 0 aromatic carbocycles. The van der Waals surface area contributed by atoms with Crippen LogP contribution in [0.15, 0.2) is 5.38 Å². The Hall–Kier alpha value is -0.450. The van der Waals surface area contributed by atoms with Crippen LogP contribution in [0.2, 0.25) is 0 Å². The molecule has 0 aliphatic carbocycles. The van der Waals surface area contributed by atoms with E-state index < -0.39 is 0 Å². The molecule has 110 valence electrons. The molecule has 0 unspecified atom stereocenters. The molecule has 0 saturated carbocycles. The summed E-state index contributed by atoms with van der Waals surface area (Å²) in [6, 6.07) is 0. The Balaban J connectivity index is 2.64. The minimum Gasteiger partial charge on any atom is -0.396 e. The Labute approximate surface area is 121 Å². The fraction of sp³-hybridized carbons (Fsp3) is 0.800. The summed E-state index contributed by atoms with van der Waals surface area (Å²) in [5.41, 5.74) is 1.43. The van der Waals surface area contributed by atoms with E-state index in [0.29, 0.717) is 5.92 Å². The van der Waals surface area contributed by atoms with Gasteiger partial charge in [0, 0.05) is 37.5 Å². The van der Waals surface area contributed by atoms with Crippen molar-refractivity contribution in [2.45, 2.75) is 53.5 Å². The summed E-state index contributed by atoms with van der Waals surface area (Å²) >= 11 is 1.75. The molecule has 1 rings (SSSR count). The van der Waals surface area contributed by atoms with Crippen LogP contribution in [0.25, 0.3) is 0 Å². The predicted octanol–water partition coefficient (Wildman–Crippen LogP) is 3.50. The maximum Gasteiger partial charge on any atom is 0.0954 e. The normalized spacial score (nSPS) is 12.6. The number of aliphatic hydroxyl groups is 1. The fourth-order valence-electron chi connectivity index (χ4n) is 2.07. The van der Waals surface area contributed by atoms with Crippen molar-refractivity contribution in [2.75, 3.05) is 19.7 Å². The standard InChI is InChI=1S/C15H28N2OS/c1-12(2)14-16-13(10-19-14)9-17(7-6-8-18)11-15(3,4)5/h10,12,18H,6-9,11H2,1-5H3. The maximum absolute atomic E-state index is 9.02. The Bertz CT molecular complexity index is 368. The molecule has 0 saturated heterocycles. The van der Waals surface area contributed by atoms with E-state index in [-0.39, 0.29) is 12.0 Å². The van der Waals surface area contributed by atoms with Gasteiger partial charge in [-0.25, -0.2) is 4.98 Å². The minimum atomic E-state index is 0.259. The zero-order valence-electron chi connectivity index (χ0n) is 12.9. The van der Waals surface area contributed by atoms with Crippen LogP contribution >= 0.6 is 11.3 Å². The van der Waals surface area contributed by atoms with Gasteiger partial charge in [-0.2, -0.15) is 0 Å². The lowest BCUT2D eigenvalue weighted by Gasteiger charge is -2.29. The van der Waals surface area contributed by atoms with E-state index >= 15 is 0 Å². The lowest BCUT2D eigenvalue weighted by atomic mass is 9.96. The number of aromatic nitrogens is 1. The first-order chi connectivity index (χ1) is 8.81. The molecule has 4 heteroatoms. The van der Waals surface area contributed by atoms with Gasteiger partial charge in [0.25, 0.3) is 0 Å². The van der Waals surface area contributed by atoms with Crippen LogP contribution in [0, 0.1) is 5.41 Å². The van der Waals surface area contributed by atoms with Gasteiger partial charge in [-0.3, -0.25) is 4.90 Å². The predicted molar refractivity (Wildman–Crippen MR) is 82.6 cm³/mol. The second-order valence-electron chi connectivity index (χ2n) is 6.68. The number of nitrogens with zero attached hydrogens (tertiary/aromatic N) is 2. The molecule has 1 N–H and O–H groups in total. The summed E-state index contributed by atoms with van der Waals surface area (Å²) in [5.74, 6) is 0.507. The highest BCUT2D eigenvalue weighted by Crippen LogP contribution is 2.22. The quantitative estimate of drug-likeness (QED) is 0.832. The molecular weight excluding hydrogens is 256 g/mol. The molecule has 0 fully saturated rings. The number of aliphatic hydroxyl groups excluding tert-OH is 1. The van der Waals surface area contributed by atoms with Crippen molar-refractivity contribution in [1.82, 2.24) is 9.88 Å². The molecule has 1 heterocycles. The third kappa shape index (κ3) is 6.50.